The van der Waals surface area contributed by atoms with E-state index in [0.29, 0.717) is 17.6 Å². The fourth-order valence-electron chi connectivity index (χ4n) is 3.64. The largest absolute Gasteiger partial charge is 0.420 e. The minimum Gasteiger partial charge on any atom is -0.408 e. The van der Waals surface area contributed by atoms with E-state index in [1.807, 2.05) is 37.3 Å². The summed E-state index contributed by atoms with van der Waals surface area (Å²) in [6.07, 6.45) is 0.795. The second-order valence-corrected chi connectivity index (χ2v) is 7.90. The van der Waals surface area contributed by atoms with Crippen LogP contribution in [0.4, 0.5) is 0 Å². The van der Waals surface area contributed by atoms with Crippen molar-refractivity contribution in [3.63, 3.8) is 0 Å². The molecule has 0 atom stereocenters. The number of aromatic nitrogens is 3. The number of fused-ring (bicyclic) bond motifs is 1. The number of nitrogens with zero attached hydrogens (tertiary/aromatic N) is 4. The Kier molecular flexibility index (Phi) is 6.99. The van der Waals surface area contributed by atoms with Gasteiger partial charge in [0.1, 0.15) is 0 Å². The normalized spacial score (nSPS) is 11.4. The molecular formula is C24H27N5O4. The van der Waals surface area contributed by atoms with Gasteiger partial charge >= 0.3 is 17.6 Å². The van der Waals surface area contributed by atoms with Gasteiger partial charge in [0, 0.05) is 19.6 Å². The smallest absolute Gasteiger partial charge is 0.408 e. The summed E-state index contributed by atoms with van der Waals surface area (Å²) >= 11 is 0. The molecule has 2 aromatic heterocycles. The molecule has 33 heavy (non-hydrogen) atoms. The van der Waals surface area contributed by atoms with Crippen LogP contribution in [-0.2, 0) is 13.1 Å². The molecular weight excluding hydrogens is 422 g/mol. The predicted octanol–water partition coefficient (Wildman–Crippen LogP) is 2.98. The number of benzene rings is 2. The van der Waals surface area contributed by atoms with E-state index >= 15 is 0 Å². The van der Waals surface area contributed by atoms with E-state index in [9.17, 15) is 9.59 Å². The SMILES string of the molecule is CCN(CCCNC(=O)c1nc(Cn2c(=O)oc3ccc(C)cc32)no1)Cc1ccccc1. The number of carbonyl (C=O) groups excluding carboxylic acids is 1. The zero-order chi connectivity index (χ0) is 23.2. The molecule has 0 saturated carbocycles. The van der Waals surface area contributed by atoms with E-state index in [1.54, 1.807) is 6.07 Å². The summed E-state index contributed by atoms with van der Waals surface area (Å²) in [5, 5.41) is 6.66. The maximum atomic E-state index is 12.4. The molecule has 2 heterocycles. The maximum absolute atomic E-state index is 12.4. The first-order valence-electron chi connectivity index (χ1n) is 11.0. The second-order valence-electron chi connectivity index (χ2n) is 7.90. The monoisotopic (exact) mass is 449 g/mol. The van der Waals surface area contributed by atoms with Crippen molar-refractivity contribution in [1.29, 1.82) is 0 Å². The highest BCUT2D eigenvalue weighted by Gasteiger charge is 2.17. The molecule has 0 bridgehead atoms. The first kappa shape index (κ1) is 22.5. The van der Waals surface area contributed by atoms with Gasteiger partial charge < -0.3 is 14.3 Å². The minimum absolute atomic E-state index is 0.0526. The van der Waals surface area contributed by atoms with Crippen molar-refractivity contribution in [2.75, 3.05) is 19.6 Å². The van der Waals surface area contributed by atoms with Gasteiger partial charge in [-0.15, -0.1) is 0 Å². The van der Waals surface area contributed by atoms with E-state index in [4.69, 9.17) is 8.94 Å². The Bertz CT molecular complexity index is 1270. The van der Waals surface area contributed by atoms with Crippen molar-refractivity contribution >= 4 is 17.0 Å². The summed E-state index contributed by atoms with van der Waals surface area (Å²) in [5.41, 5.74) is 3.39. The fourth-order valence-corrected chi connectivity index (χ4v) is 3.64. The predicted molar refractivity (Wildman–Crippen MR) is 123 cm³/mol. The Hall–Kier alpha value is -3.72. The Morgan fingerprint density at radius 3 is 2.79 bits per heavy atom. The van der Waals surface area contributed by atoms with Crippen LogP contribution >= 0.6 is 0 Å². The summed E-state index contributed by atoms with van der Waals surface area (Å²) in [5.74, 6) is -0.840. The highest BCUT2D eigenvalue weighted by molar-refractivity contribution is 5.89. The molecule has 0 saturated heterocycles. The van der Waals surface area contributed by atoms with Crippen LogP contribution in [0.2, 0.25) is 0 Å². The fraction of sp³-hybridized carbons (Fsp3) is 0.333. The first-order valence-corrected chi connectivity index (χ1v) is 11.0. The number of amides is 1. The van der Waals surface area contributed by atoms with Gasteiger partial charge in [-0.25, -0.2) is 4.79 Å². The summed E-state index contributed by atoms with van der Waals surface area (Å²) in [6, 6.07) is 15.8. The van der Waals surface area contributed by atoms with Gasteiger partial charge in [-0.05, 0) is 43.1 Å². The number of carbonyl (C=O) groups is 1. The number of hydrogen-bond acceptors (Lipinski definition) is 7. The van der Waals surface area contributed by atoms with E-state index in [0.717, 1.165) is 31.6 Å². The molecule has 0 aliphatic heterocycles. The van der Waals surface area contributed by atoms with Crippen LogP contribution in [0.15, 0.2) is 62.3 Å². The number of nitrogens with one attached hydrogen (secondary N) is 1. The van der Waals surface area contributed by atoms with E-state index in [2.05, 4.69) is 39.4 Å². The third kappa shape index (κ3) is 5.56. The van der Waals surface area contributed by atoms with Crippen molar-refractivity contribution < 1.29 is 13.7 Å². The van der Waals surface area contributed by atoms with E-state index in [-0.39, 0.29) is 18.3 Å². The second kappa shape index (κ2) is 10.3. The molecule has 0 aliphatic carbocycles. The van der Waals surface area contributed by atoms with Gasteiger partial charge in [-0.3, -0.25) is 14.3 Å². The molecule has 9 nitrogen and oxygen atoms in total. The summed E-state index contributed by atoms with van der Waals surface area (Å²) in [4.78, 5) is 31.0. The molecule has 4 aromatic rings. The summed E-state index contributed by atoms with van der Waals surface area (Å²) in [7, 11) is 0. The standard InChI is InChI=1S/C24H27N5O4/c1-3-28(15-18-8-5-4-6-9-18)13-7-12-25-22(30)23-26-21(27-33-23)16-29-19-14-17(2)10-11-20(19)32-24(29)31/h4-6,8-11,14H,3,7,12-13,15-16H2,1-2H3,(H,25,30). The Labute approximate surface area is 191 Å². The molecule has 0 aliphatic rings. The molecule has 172 valence electrons. The molecule has 0 unspecified atom stereocenters. The lowest BCUT2D eigenvalue weighted by Crippen LogP contribution is -2.30. The molecule has 0 fully saturated rings. The number of aryl methyl sites for hydroxylation is 1. The zero-order valence-corrected chi connectivity index (χ0v) is 18.8. The lowest BCUT2D eigenvalue weighted by atomic mass is 10.2. The van der Waals surface area contributed by atoms with Crippen molar-refractivity contribution in [2.45, 2.75) is 33.4 Å². The Morgan fingerprint density at radius 1 is 1.18 bits per heavy atom. The Morgan fingerprint density at radius 2 is 2.00 bits per heavy atom. The molecule has 9 heteroatoms. The molecule has 2 aromatic carbocycles. The van der Waals surface area contributed by atoms with Gasteiger partial charge in [-0.1, -0.05) is 48.5 Å². The van der Waals surface area contributed by atoms with Crippen molar-refractivity contribution in [1.82, 2.24) is 24.9 Å². The van der Waals surface area contributed by atoms with Crippen LogP contribution < -0.4 is 11.1 Å². The summed E-state index contributed by atoms with van der Waals surface area (Å²) < 4.78 is 11.8. The molecule has 0 radical (unpaired) electrons. The summed E-state index contributed by atoms with van der Waals surface area (Å²) in [6.45, 7) is 7.26. The molecule has 1 amide bonds. The zero-order valence-electron chi connectivity index (χ0n) is 18.8. The van der Waals surface area contributed by atoms with Crippen molar-refractivity contribution in [3.05, 3.63) is 81.9 Å². The number of oxazole rings is 1. The lowest BCUT2D eigenvalue weighted by molar-refractivity contribution is 0.0907. The highest BCUT2D eigenvalue weighted by Crippen LogP contribution is 2.15. The molecule has 4 rings (SSSR count). The van der Waals surface area contributed by atoms with Crippen LogP contribution in [0.3, 0.4) is 0 Å². The van der Waals surface area contributed by atoms with E-state index in [1.165, 1.54) is 10.1 Å². The average Bonchev–Trinajstić information content (AvgIpc) is 3.41. The van der Waals surface area contributed by atoms with E-state index < -0.39 is 11.7 Å². The third-order valence-corrected chi connectivity index (χ3v) is 5.42. The van der Waals surface area contributed by atoms with Crippen molar-refractivity contribution in [2.24, 2.45) is 0 Å². The Balaban J connectivity index is 1.29. The van der Waals surface area contributed by atoms with Gasteiger partial charge in [0.2, 0.25) is 0 Å². The van der Waals surface area contributed by atoms with Gasteiger partial charge in [0.25, 0.3) is 0 Å². The quantitative estimate of drug-likeness (QED) is 0.371. The topological polar surface area (TPSA) is 106 Å². The first-order chi connectivity index (χ1) is 16.0. The van der Waals surface area contributed by atoms with Crippen LogP contribution in [0, 0.1) is 6.92 Å². The number of rotatable bonds is 10. The van der Waals surface area contributed by atoms with Crippen LogP contribution in [0.1, 0.15) is 41.0 Å². The highest BCUT2D eigenvalue weighted by atomic mass is 16.5. The average molecular weight is 450 g/mol. The minimum atomic E-state index is -0.512. The lowest BCUT2D eigenvalue weighted by Gasteiger charge is -2.20. The molecule has 1 N–H and O–H groups in total. The third-order valence-electron chi connectivity index (χ3n) is 5.42. The van der Waals surface area contributed by atoms with Crippen molar-refractivity contribution in [3.8, 4) is 0 Å². The molecule has 0 spiro atoms. The maximum Gasteiger partial charge on any atom is 0.420 e. The van der Waals surface area contributed by atoms with Gasteiger partial charge in [0.05, 0.1) is 12.1 Å². The number of hydrogen-bond donors (Lipinski definition) is 1. The van der Waals surface area contributed by atoms with Crippen LogP contribution in [0.5, 0.6) is 0 Å². The van der Waals surface area contributed by atoms with Crippen LogP contribution in [0.25, 0.3) is 11.1 Å². The van der Waals surface area contributed by atoms with Gasteiger partial charge in [0.15, 0.2) is 11.4 Å². The van der Waals surface area contributed by atoms with Crippen LogP contribution in [-0.4, -0.2) is 45.1 Å². The van der Waals surface area contributed by atoms with Gasteiger partial charge in [-0.2, -0.15) is 4.98 Å².